The van der Waals surface area contributed by atoms with Crippen LogP contribution in [0.3, 0.4) is 0 Å². The summed E-state index contributed by atoms with van der Waals surface area (Å²) in [6.07, 6.45) is 0. The number of halogens is 2. The van der Waals surface area contributed by atoms with E-state index in [-0.39, 0.29) is 6.04 Å². The largest absolute Gasteiger partial charge is 0.497 e. The van der Waals surface area contributed by atoms with Crippen LogP contribution in [0.2, 0.25) is 10.0 Å². The van der Waals surface area contributed by atoms with Crippen molar-refractivity contribution in [2.45, 2.75) is 6.04 Å². The summed E-state index contributed by atoms with van der Waals surface area (Å²) < 4.78 is 10.6. The molecule has 3 nitrogen and oxygen atoms in total. The van der Waals surface area contributed by atoms with E-state index in [0.29, 0.717) is 15.8 Å². The van der Waals surface area contributed by atoms with Crippen LogP contribution in [-0.2, 0) is 0 Å². The molecule has 0 radical (unpaired) electrons. The molecule has 2 aromatic rings. The van der Waals surface area contributed by atoms with Gasteiger partial charge in [-0.15, -0.1) is 0 Å². The highest BCUT2D eigenvalue weighted by molar-refractivity contribution is 6.31. The van der Waals surface area contributed by atoms with Crippen LogP contribution in [0.1, 0.15) is 17.2 Å². The molecule has 0 aromatic heterocycles. The number of rotatable bonds is 5. The summed E-state index contributed by atoms with van der Waals surface area (Å²) in [5, 5.41) is 4.52. The number of hydrogen-bond acceptors (Lipinski definition) is 3. The standard InChI is InChI=1S/C16H17Cl2NO2/c1-19-16(12-7-5-11(20-2)9-14(12)18)13-6-4-10(17)8-15(13)21-3/h4-9,16,19H,1-3H3. The predicted molar refractivity (Wildman–Crippen MR) is 86.9 cm³/mol. The molecule has 21 heavy (non-hydrogen) atoms. The first-order valence-corrected chi connectivity index (χ1v) is 7.20. The average Bonchev–Trinajstić information content (AvgIpc) is 2.50. The molecule has 0 fully saturated rings. The minimum absolute atomic E-state index is 0.101. The van der Waals surface area contributed by atoms with E-state index in [1.165, 1.54) is 0 Å². The Morgan fingerprint density at radius 3 is 2.24 bits per heavy atom. The number of hydrogen-bond donors (Lipinski definition) is 1. The molecule has 0 aliphatic carbocycles. The van der Waals surface area contributed by atoms with Gasteiger partial charge in [0, 0.05) is 15.6 Å². The summed E-state index contributed by atoms with van der Waals surface area (Å²) in [5.74, 6) is 1.44. The van der Waals surface area contributed by atoms with Crippen molar-refractivity contribution in [2.75, 3.05) is 21.3 Å². The second-order valence-corrected chi connectivity index (χ2v) is 5.34. The number of methoxy groups -OCH3 is 2. The van der Waals surface area contributed by atoms with Crippen molar-refractivity contribution in [3.8, 4) is 11.5 Å². The van der Waals surface area contributed by atoms with Gasteiger partial charge in [0.15, 0.2) is 0 Å². The van der Waals surface area contributed by atoms with Crippen LogP contribution in [-0.4, -0.2) is 21.3 Å². The van der Waals surface area contributed by atoms with Gasteiger partial charge in [-0.25, -0.2) is 0 Å². The van der Waals surface area contributed by atoms with E-state index in [2.05, 4.69) is 5.32 Å². The molecule has 0 amide bonds. The van der Waals surface area contributed by atoms with Gasteiger partial charge in [-0.1, -0.05) is 35.3 Å². The van der Waals surface area contributed by atoms with Gasteiger partial charge in [0.2, 0.25) is 0 Å². The Hall–Kier alpha value is -1.42. The zero-order chi connectivity index (χ0) is 15.4. The van der Waals surface area contributed by atoms with Crippen molar-refractivity contribution < 1.29 is 9.47 Å². The minimum atomic E-state index is -0.101. The van der Waals surface area contributed by atoms with Crippen LogP contribution >= 0.6 is 23.2 Å². The second-order valence-electron chi connectivity index (χ2n) is 4.50. The molecule has 0 aliphatic rings. The van der Waals surface area contributed by atoms with Crippen LogP contribution in [0.4, 0.5) is 0 Å². The Kier molecular flexibility index (Phi) is 5.34. The number of nitrogens with one attached hydrogen (secondary N) is 1. The molecule has 0 saturated heterocycles. The van der Waals surface area contributed by atoms with Crippen LogP contribution < -0.4 is 14.8 Å². The van der Waals surface area contributed by atoms with Crippen molar-refractivity contribution in [1.29, 1.82) is 0 Å². The summed E-state index contributed by atoms with van der Waals surface area (Å²) in [7, 11) is 5.11. The van der Waals surface area contributed by atoms with E-state index in [4.69, 9.17) is 32.7 Å². The van der Waals surface area contributed by atoms with Gasteiger partial charge < -0.3 is 14.8 Å². The third-order valence-electron chi connectivity index (χ3n) is 3.31. The predicted octanol–water partition coefficient (Wildman–Crippen LogP) is 4.32. The number of ether oxygens (including phenoxy) is 2. The van der Waals surface area contributed by atoms with E-state index in [9.17, 15) is 0 Å². The molecule has 1 unspecified atom stereocenters. The van der Waals surface area contributed by atoms with Crippen LogP contribution in [0.15, 0.2) is 36.4 Å². The number of benzene rings is 2. The van der Waals surface area contributed by atoms with Gasteiger partial charge in [0.25, 0.3) is 0 Å². The van der Waals surface area contributed by atoms with Crippen LogP contribution in [0, 0.1) is 0 Å². The first-order valence-electron chi connectivity index (χ1n) is 6.44. The smallest absolute Gasteiger partial charge is 0.125 e. The Balaban J connectivity index is 2.49. The fourth-order valence-electron chi connectivity index (χ4n) is 2.27. The van der Waals surface area contributed by atoms with Gasteiger partial charge in [0.1, 0.15) is 11.5 Å². The molecular weight excluding hydrogens is 309 g/mol. The summed E-state index contributed by atoms with van der Waals surface area (Å²) >= 11 is 12.4. The van der Waals surface area contributed by atoms with Gasteiger partial charge >= 0.3 is 0 Å². The van der Waals surface area contributed by atoms with E-state index in [0.717, 1.165) is 16.9 Å². The average molecular weight is 326 g/mol. The van der Waals surface area contributed by atoms with Crippen molar-refractivity contribution in [3.63, 3.8) is 0 Å². The fourth-order valence-corrected chi connectivity index (χ4v) is 2.71. The molecule has 0 spiro atoms. The lowest BCUT2D eigenvalue weighted by atomic mass is 9.97. The maximum atomic E-state index is 6.37. The molecule has 0 heterocycles. The Labute approximate surface area is 134 Å². The summed E-state index contributed by atoms with van der Waals surface area (Å²) in [4.78, 5) is 0. The van der Waals surface area contributed by atoms with Gasteiger partial charge in [-0.05, 0) is 36.9 Å². The van der Waals surface area contributed by atoms with E-state index in [1.807, 2.05) is 31.3 Å². The Morgan fingerprint density at radius 2 is 1.67 bits per heavy atom. The molecule has 1 N–H and O–H groups in total. The maximum Gasteiger partial charge on any atom is 0.125 e. The quantitative estimate of drug-likeness (QED) is 0.888. The van der Waals surface area contributed by atoms with Crippen molar-refractivity contribution >= 4 is 23.2 Å². The Bertz CT molecular complexity index is 632. The maximum absolute atomic E-state index is 6.37. The monoisotopic (exact) mass is 325 g/mol. The minimum Gasteiger partial charge on any atom is -0.497 e. The SMILES string of the molecule is CNC(c1ccc(OC)cc1Cl)c1ccc(Cl)cc1OC. The zero-order valence-electron chi connectivity index (χ0n) is 12.1. The van der Waals surface area contributed by atoms with Crippen molar-refractivity contribution in [1.82, 2.24) is 5.32 Å². The molecule has 0 saturated carbocycles. The fraction of sp³-hybridized carbons (Fsp3) is 0.250. The molecule has 2 aromatic carbocycles. The third-order valence-corrected chi connectivity index (χ3v) is 3.88. The topological polar surface area (TPSA) is 30.5 Å². The molecular formula is C16H17Cl2NO2. The highest BCUT2D eigenvalue weighted by Crippen LogP contribution is 2.36. The highest BCUT2D eigenvalue weighted by atomic mass is 35.5. The van der Waals surface area contributed by atoms with Crippen molar-refractivity contribution in [3.05, 3.63) is 57.6 Å². The highest BCUT2D eigenvalue weighted by Gasteiger charge is 2.19. The Morgan fingerprint density at radius 1 is 0.952 bits per heavy atom. The van der Waals surface area contributed by atoms with Crippen LogP contribution in [0.25, 0.3) is 0 Å². The van der Waals surface area contributed by atoms with Gasteiger partial charge in [0.05, 0.1) is 20.3 Å². The van der Waals surface area contributed by atoms with Gasteiger partial charge in [-0.3, -0.25) is 0 Å². The third kappa shape index (κ3) is 3.43. The second kappa shape index (κ2) is 7.03. The molecule has 5 heteroatoms. The summed E-state index contributed by atoms with van der Waals surface area (Å²) in [5.41, 5.74) is 1.91. The lowest BCUT2D eigenvalue weighted by Gasteiger charge is -2.21. The first-order chi connectivity index (χ1) is 10.1. The summed E-state index contributed by atoms with van der Waals surface area (Å²) in [6.45, 7) is 0. The van der Waals surface area contributed by atoms with E-state index in [1.54, 1.807) is 26.4 Å². The molecule has 0 bridgehead atoms. The van der Waals surface area contributed by atoms with E-state index < -0.39 is 0 Å². The zero-order valence-corrected chi connectivity index (χ0v) is 13.6. The first kappa shape index (κ1) is 16.0. The molecule has 0 aliphatic heterocycles. The van der Waals surface area contributed by atoms with Gasteiger partial charge in [-0.2, -0.15) is 0 Å². The molecule has 1 atom stereocenters. The van der Waals surface area contributed by atoms with Crippen LogP contribution in [0.5, 0.6) is 11.5 Å². The lowest BCUT2D eigenvalue weighted by Crippen LogP contribution is -2.19. The van der Waals surface area contributed by atoms with Crippen molar-refractivity contribution in [2.24, 2.45) is 0 Å². The summed E-state index contributed by atoms with van der Waals surface area (Å²) in [6, 6.07) is 11.1. The molecule has 112 valence electrons. The molecule has 2 rings (SSSR count). The van der Waals surface area contributed by atoms with E-state index >= 15 is 0 Å². The lowest BCUT2D eigenvalue weighted by molar-refractivity contribution is 0.405. The normalized spacial score (nSPS) is 12.0.